The number of nitrogens with two attached hydrogens (primary N) is 2. The fourth-order valence-corrected chi connectivity index (χ4v) is 3.46. The van der Waals surface area contributed by atoms with Crippen LogP contribution in [-0.2, 0) is 20.7 Å². The van der Waals surface area contributed by atoms with Gasteiger partial charge in [0.05, 0.1) is 13.2 Å². The van der Waals surface area contributed by atoms with E-state index in [1.54, 1.807) is 0 Å². The quantitative estimate of drug-likeness (QED) is 0.140. The third kappa shape index (κ3) is 8.10. The van der Waals surface area contributed by atoms with Gasteiger partial charge in [-0.1, -0.05) is 0 Å². The Balaban J connectivity index is 0.000000235. The molecule has 0 aromatic carbocycles. The number of hydrogen-bond donors (Lipinski definition) is 8. The number of nitrogens with zero attached hydrogens (tertiary/aromatic N) is 4. The first-order valence-corrected chi connectivity index (χ1v) is 23.2. The number of ether oxygens (including phenoxy) is 2. The Morgan fingerprint density at radius 3 is 1.35 bits per heavy atom. The molecule has 16 nitrogen and oxygen atoms in total. The molecule has 4 rings (SSSR count). The number of rotatable bonds is 4. The Morgan fingerprint density at radius 1 is 0.784 bits per heavy atom. The summed E-state index contributed by atoms with van der Waals surface area (Å²) in [6, 6.07) is 2.74. The Kier molecular flexibility index (Phi) is 13.2. The number of aliphatic hydroxyl groups excluding tert-OH is 6. The number of halogens is 2. The number of aromatic nitrogens is 4. The van der Waals surface area contributed by atoms with Crippen LogP contribution in [0.3, 0.4) is 0 Å². The second-order valence-corrected chi connectivity index (χ2v) is 24.2. The van der Waals surface area contributed by atoms with E-state index in [0.717, 1.165) is 9.13 Å². The monoisotopic (exact) mass is 935 g/mol. The van der Waals surface area contributed by atoms with Gasteiger partial charge in [0, 0.05) is 12.4 Å². The molecule has 0 bridgehead atoms. The van der Waals surface area contributed by atoms with Crippen LogP contribution in [0, 0.1) is 0 Å². The van der Waals surface area contributed by atoms with Gasteiger partial charge in [0.25, 0.3) is 0 Å². The summed E-state index contributed by atoms with van der Waals surface area (Å²) in [4.78, 5) is 30.0. The molecule has 212 valence electrons. The van der Waals surface area contributed by atoms with Gasteiger partial charge in [-0.25, -0.2) is 9.59 Å². The van der Waals surface area contributed by atoms with E-state index in [2.05, 4.69) is 48.7 Å². The van der Waals surface area contributed by atoms with Crippen LogP contribution in [0.2, 0.25) is 0 Å². The van der Waals surface area contributed by atoms with E-state index in [0.29, 0.717) is 11.2 Å². The first-order valence-electron chi connectivity index (χ1n) is 10.3. The minimum absolute atomic E-state index is 0.0537. The third-order valence-corrected chi connectivity index (χ3v) is 5.29. The zero-order valence-electron chi connectivity index (χ0n) is 18.7. The van der Waals surface area contributed by atoms with Crippen LogP contribution in [0.5, 0.6) is 0 Å². The van der Waals surface area contributed by atoms with Gasteiger partial charge in [-0.2, -0.15) is 9.97 Å². The van der Waals surface area contributed by atoms with Crippen molar-refractivity contribution in [3.05, 3.63) is 45.5 Å². The zero-order chi connectivity index (χ0) is 27.9. The molecule has 4 heterocycles. The number of aliphatic hydroxyl groups is 6. The molecule has 0 radical (unpaired) electrons. The maximum absolute atomic E-state index is 11.5. The van der Waals surface area contributed by atoms with Crippen molar-refractivity contribution in [3.8, 4) is 0 Å². The molecule has 0 saturated carbocycles. The molecular formula is C18H26I2N6O10Pt. The Bertz CT molecular complexity index is 1040. The normalized spacial score (nSPS) is 30.8. The van der Waals surface area contributed by atoms with Gasteiger partial charge in [0.15, 0.2) is 12.5 Å². The molecule has 0 spiro atoms. The fourth-order valence-electron chi connectivity index (χ4n) is 3.46. The molecule has 2 aromatic heterocycles. The molecule has 37 heavy (non-hydrogen) atoms. The van der Waals surface area contributed by atoms with Gasteiger partial charge >= 0.3 is 61.3 Å². The Hall–Kier alpha value is -0.812. The van der Waals surface area contributed by atoms with Crippen LogP contribution in [0.25, 0.3) is 0 Å². The van der Waals surface area contributed by atoms with E-state index in [9.17, 15) is 30.0 Å². The molecule has 2 aliphatic rings. The second-order valence-electron chi connectivity index (χ2n) is 7.59. The Morgan fingerprint density at radius 2 is 1.11 bits per heavy atom. The van der Waals surface area contributed by atoms with Crippen LogP contribution in [0.4, 0.5) is 11.6 Å². The van der Waals surface area contributed by atoms with Crippen LogP contribution in [0.15, 0.2) is 34.1 Å². The van der Waals surface area contributed by atoms with E-state index in [1.165, 1.54) is 24.5 Å². The van der Waals surface area contributed by atoms with Gasteiger partial charge in [-0.05, 0) is 12.1 Å². The molecule has 0 aliphatic carbocycles. The van der Waals surface area contributed by atoms with Gasteiger partial charge < -0.3 is 51.6 Å². The van der Waals surface area contributed by atoms with Crippen molar-refractivity contribution in [2.75, 3.05) is 24.7 Å². The average Bonchev–Trinajstić information content (AvgIpc) is 3.30. The molecule has 0 amide bonds. The van der Waals surface area contributed by atoms with Crippen molar-refractivity contribution < 1.29 is 51.3 Å². The van der Waals surface area contributed by atoms with Gasteiger partial charge in [0.1, 0.15) is 48.3 Å². The molecule has 2 saturated heterocycles. The summed E-state index contributed by atoms with van der Waals surface area (Å²) >= 11 is 5.30. The number of nitrogen functional groups attached to an aromatic ring is 2. The summed E-state index contributed by atoms with van der Waals surface area (Å²) in [5.41, 5.74) is 9.26. The Labute approximate surface area is 238 Å². The van der Waals surface area contributed by atoms with E-state index in [4.69, 9.17) is 31.2 Å². The van der Waals surface area contributed by atoms with Crippen molar-refractivity contribution in [2.24, 2.45) is 0 Å². The summed E-state index contributed by atoms with van der Waals surface area (Å²) in [5, 5.41) is 56.3. The second kappa shape index (κ2) is 15.1. The average molecular weight is 935 g/mol. The topological polar surface area (TPSA) is 262 Å². The first-order chi connectivity index (χ1) is 17.5. The standard InChI is InChI=1S/2C9H13N3O5.2HI.Pt/c2*10-5-1-2-12(9(16)11-5)8-7(15)6(14)4(3-13)17-8;;;/h2*1-2,4,6-8,13-15H,3H2,(H2,10,11,16);2*1H;/q;;;;+2/p-2. The predicted octanol–water partition coefficient (Wildman–Crippen LogP) is -3.36. The van der Waals surface area contributed by atoms with Crippen molar-refractivity contribution in [2.45, 2.75) is 49.1 Å². The first kappa shape index (κ1) is 32.4. The van der Waals surface area contributed by atoms with Crippen molar-refractivity contribution in [3.63, 3.8) is 0 Å². The fraction of sp³-hybridized carbons (Fsp3) is 0.556. The van der Waals surface area contributed by atoms with E-state index >= 15 is 0 Å². The molecular weight excluding hydrogens is 909 g/mol. The number of anilines is 2. The van der Waals surface area contributed by atoms with E-state index in [-0.39, 0.29) is 11.6 Å². The molecule has 19 heteroatoms. The van der Waals surface area contributed by atoms with Crippen molar-refractivity contribution >= 4 is 50.3 Å². The predicted molar refractivity (Wildman–Crippen MR) is 140 cm³/mol. The molecule has 2 fully saturated rings. The molecule has 8 atom stereocenters. The van der Waals surface area contributed by atoms with Crippen molar-refractivity contribution in [1.82, 2.24) is 19.1 Å². The SMILES string of the molecule is Nc1ccn(C2OC(CO)C(O)C2O)c(=O)n1.Nc1ccn(C2OC(CO)C(O)C2O)c(=O)n1.[I][Pt][I]. The summed E-state index contributed by atoms with van der Waals surface area (Å²) in [7, 11) is 0. The molecule has 10 N–H and O–H groups in total. The summed E-state index contributed by atoms with van der Waals surface area (Å²) in [6.07, 6.45) is -6.53. The van der Waals surface area contributed by atoms with E-state index < -0.39 is 73.7 Å². The molecule has 2 aliphatic heterocycles. The van der Waals surface area contributed by atoms with Gasteiger partial charge in [-0.15, -0.1) is 0 Å². The number of hydrogen-bond acceptors (Lipinski definition) is 14. The van der Waals surface area contributed by atoms with Crippen LogP contribution < -0.4 is 22.8 Å². The molecule has 2 aromatic rings. The third-order valence-electron chi connectivity index (χ3n) is 5.29. The van der Waals surface area contributed by atoms with Crippen LogP contribution in [-0.4, -0.2) is 99.6 Å². The summed E-state index contributed by atoms with van der Waals surface area (Å²) in [6.45, 7) is -0.905. The van der Waals surface area contributed by atoms with Crippen molar-refractivity contribution in [1.29, 1.82) is 0 Å². The van der Waals surface area contributed by atoms with E-state index in [1.807, 2.05) is 0 Å². The van der Waals surface area contributed by atoms with Crippen LogP contribution >= 0.6 is 38.7 Å². The minimum atomic E-state index is -1.31. The van der Waals surface area contributed by atoms with Gasteiger partial charge in [-0.3, -0.25) is 9.13 Å². The summed E-state index contributed by atoms with van der Waals surface area (Å²) < 4.78 is 12.4. The molecule has 8 unspecified atom stereocenters. The van der Waals surface area contributed by atoms with Gasteiger partial charge in [0.2, 0.25) is 0 Å². The zero-order valence-corrected chi connectivity index (χ0v) is 25.3. The summed E-state index contributed by atoms with van der Waals surface area (Å²) in [5.74, 6) is 0.107. The van der Waals surface area contributed by atoms with Crippen LogP contribution in [0.1, 0.15) is 12.5 Å². The maximum atomic E-state index is 11.5.